The predicted molar refractivity (Wildman–Crippen MR) is 74.5 cm³/mol. The fourth-order valence-electron chi connectivity index (χ4n) is 1.81. The molecule has 0 radical (unpaired) electrons. The number of amides is 1. The van der Waals surface area contributed by atoms with Crippen molar-refractivity contribution in [1.29, 1.82) is 0 Å². The van der Waals surface area contributed by atoms with Crippen LogP contribution in [-0.2, 0) is 4.74 Å². The van der Waals surface area contributed by atoms with Gasteiger partial charge in [0.1, 0.15) is 0 Å². The van der Waals surface area contributed by atoms with Gasteiger partial charge < -0.3 is 10.1 Å². The summed E-state index contributed by atoms with van der Waals surface area (Å²) in [4.78, 5) is 11.8. The van der Waals surface area contributed by atoms with Gasteiger partial charge in [0.05, 0.1) is 18.8 Å². The molecular weight excluding hydrogens is 256 g/mol. The highest BCUT2D eigenvalue weighted by molar-refractivity contribution is 5.91. The largest absolute Gasteiger partial charge is 0.383 e. The van der Waals surface area contributed by atoms with Gasteiger partial charge in [0.2, 0.25) is 0 Å². The smallest absolute Gasteiger partial charge is 0.273 e. The first-order chi connectivity index (χ1) is 9.72. The number of nitrogens with one attached hydrogen (secondary N) is 1. The second-order valence-electron chi connectivity index (χ2n) is 4.42. The van der Waals surface area contributed by atoms with Crippen LogP contribution in [0.1, 0.15) is 29.0 Å². The van der Waals surface area contributed by atoms with Gasteiger partial charge in [-0.2, -0.15) is 0 Å². The fourth-order valence-corrected chi connectivity index (χ4v) is 1.81. The summed E-state index contributed by atoms with van der Waals surface area (Å²) in [6.07, 6.45) is 1.65. The van der Waals surface area contributed by atoms with Crippen LogP contribution in [0, 0.1) is 0 Å². The van der Waals surface area contributed by atoms with Crippen LogP contribution in [0.5, 0.6) is 0 Å². The molecule has 6 nitrogen and oxygen atoms in total. The molecule has 0 saturated carbocycles. The lowest BCUT2D eigenvalue weighted by Crippen LogP contribution is -2.27. The van der Waals surface area contributed by atoms with E-state index >= 15 is 0 Å². The standard InChI is InChI=1S/C14H18N4O2/c1-11(12-6-4-3-5-7-12)18-10-13(16-17-18)14(19)15-8-9-20-2/h3-7,10-11H,8-9H2,1-2H3,(H,15,19)/t11-/m0/s1. The molecule has 0 spiro atoms. The van der Waals surface area contributed by atoms with E-state index in [9.17, 15) is 4.79 Å². The number of carbonyl (C=O) groups is 1. The number of nitrogens with zero attached hydrogens (tertiary/aromatic N) is 3. The van der Waals surface area contributed by atoms with Crippen molar-refractivity contribution in [2.24, 2.45) is 0 Å². The molecular formula is C14H18N4O2. The topological polar surface area (TPSA) is 69.0 Å². The Morgan fingerprint density at radius 1 is 1.40 bits per heavy atom. The maximum absolute atomic E-state index is 11.8. The highest BCUT2D eigenvalue weighted by atomic mass is 16.5. The molecule has 0 saturated heterocycles. The normalized spacial score (nSPS) is 12.1. The zero-order valence-electron chi connectivity index (χ0n) is 11.6. The van der Waals surface area contributed by atoms with Gasteiger partial charge in [0.15, 0.2) is 5.69 Å². The van der Waals surface area contributed by atoms with Crippen molar-refractivity contribution < 1.29 is 9.53 Å². The number of aromatic nitrogens is 3. The number of hydrogen-bond donors (Lipinski definition) is 1. The van der Waals surface area contributed by atoms with E-state index in [1.807, 2.05) is 37.3 Å². The van der Waals surface area contributed by atoms with Gasteiger partial charge >= 0.3 is 0 Å². The molecule has 1 atom stereocenters. The van der Waals surface area contributed by atoms with E-state index in [0.717, 1.165) is 5.56 Å². The lowest BCUT2D eigenvalue weighted by Gasteiger charge is -2.10. The summed E-state index contributed by atoms with van der Waals surface area (Å²) in [6, 6.07) is 9.98. The molecule has 1 aromatic heterocycles. The number of ether oxygens (including phenoxy) is 1. The van der Waals surface area contributed by atoms with E-state index in [-0.39, 0.29) is 11.9 Å². The van der Waals surface area contributed by atoms with Crippen LogP contribution in [0.3, 0.4) is 0 Å². The van der Waals surface area contributed by atoms with E-state index < -0.39 is 0 Å². The maximum atomic E-state index is 11.8. The summed E-state index contributed by atoms with van der Waals surface area (Å²) in [5.74, 6) is -0.242. The molecule has 0 bridgehead atoms. The second-order valence-corrected chi connectivity index (χ2v) is 4.42. The fraction of sp³-hybridized carbons (Fsp3) is 0.357. The summed E-state index contributed by atoms with van der Waals surface area (Å²) in [5.41, 5.74) is 1.42. The first kappa shape index (κ1) is 14.2. The molecule has 6 heteroatoms. The molecule has 106 valence electrons. The molecule has 2 aromatic rings. The number of hydrogen-bond acceptors (Lipinski definition) is 4. The predicted octanol–water partition coefficient (Wildman–Crippen LogP) is 1.26. The minimum absolute atomic E-state index is 0.0317. The zero-order valence-corrected chi connectivity index (χ0v) is 11.6. The van der Waals surface area contributed by atoms with E-state index in [4.69, 9.17) is 4.74 Å². The third-order valence-electron chi connectivity index (χ3n) is 3.01. The van der Waals surface area contributed by atoms with Crippen molar-refractivity contribution in [2.75, 3.05) is 20.3 Å². The van der Waals surface area contributed by atoms with Gasteiger partial charge in [0, 0.05) is 13.7 Å². The van der Waals surface area contributed by atoms with Crippen LogP contribution in [0.4, 0.5) is 0 Å². The molecule has 0 fully saturated rings. The molecule has 2 rings (SSSR count). The van der Waals surface area contributed by atoms with Crippen molar-refractivity contribution in [1.82, 2.24) is 20.3 Å². The Balaban J connectivity index is 2.03. The highest BCUT2D eigenvalue weighted by Gasteiger charge is 2.14. The molecule has 0 unspecified atom stereocenters. The number of benzene rings is 1. The van der Waals surface area contributed by atoms with Crippen molar-refractivity contribution >= 4 is 5.91 Å². The van der Waals surface area contributed by atoms with Crippen molar-refractivity contribution in [3.8, 4) is 0 Å². The van der Waals surface area contributed by atoms with Crippen LogP contribution in [-0.4, -0.2) is 41.2 Å². The minimum atomic E-state index is -0.242. The van der Waals surface area contributed by atoms with Crippen LogP contribution < -0.4 is 5.32 Å². The van der Waals surface area contributed by atoms with Crippen LogP contribution in [0.25, 0.3) is 0 Å². The number of rotatable bonds is 6. The summed E-state index contributed by atoms with van der Waals surface area (Å²) < 4.78 is 6.55. The van der Waals surface area contributed by atoms with Crippen LogP contribution >= 0.6 is 0 Å². The SMILES string of the molecule is COCCNC(=O)c1cn([C@@H](C)c2ccccc2)nn1. The average molecular weight is 274 g/mol. The molecule has 1 amide bonds. The lowest BCUT2D eigenvalue weighted by atomic mass is 10.1. The molecule has 1 heterocycles. The van der Waals surface area contributed by atoms with Crippen molar-refractivity contribution in [2.45, 2.75) is 13.0 Å². The quantitative estimate of drug-likeness (QED) is 0.805. The summed E-state index contributed by atoms with van der Waals surface area (Å²) in [5, 5.41) is 10.6. The maximum Gasteiger partial charge on any atom is 0.273 e. The molecule has 20 heavy (non-hydrogen) atoms. The van der Waals surface area contributed by atoms with Gasteiger partial charge in [-0.05, 0) is 12.5 Å². The molecule has 1 aromatic carbocycles. The number of methoxy groups -OCH3 is 1. The van der Waals surface area contributed by atoms with Gasteiger partial charge in [0.25, 0.3) is 5.91 Å². The Morgan fingerprint density at radius 3 is 2.85 bits per heavy atom. The Morgan fingerprint density at radius 2 is 2.15 bits per heavy atom. The third-order valence-corrected chi connectivity index (χ3v) is 3.01. The van der Waals surface area contributed by atoms with Gasteiger partial charge in [-0.25, -0.2) is 4.68 Å². The Labute approximate surface area is 117 Å². The molecule has 0 aliphatic carbocycles. The highest BCUT2D eigenvalue weighted by Crippen LogP contribution is 2.15. The lowest BCUT2D eigenvalue weighted by molar-refractivity contribution is 0.0932. The van der Waals surface area contributed by atoms with E-state index in [2.05, 4.69) is 15.6 Å². The van der Waals surface area contributed by atoms with Gasteiger partial charge in [-0.1, -0.05) is 35.5 Å². The van der Waals surface area contributed by atoms with Crippen molar-refractivity contribution in [3.63, 3.8) is 0 Å². The third kappa shape index (κ3) is 3.42. The molecule has 0 aliphatic rings. The van der Waals surface area contributed by atoms with Crippen LogP contribution in [0.2, 0.25) is 0 Å². The summed E-state index contributed by atoms with van der Waals surface area (Å²) in [7, 11) is 1.59. The Bertz CT molecular complexity index is 553. The second kappa shape index (κ2) is 6.81. The summed E-state index contributed by atoms with van der Waals surface area (Å²) >= 11 is 0. The van der Waals surface area contributed by atoms with Gasteiger partial charge in [-0.3, -0.25) is 4.79 Å². The average Bonchev–Trinajstić information content (AvgIpc) is 2.97. The Kier molecular flexibility index (Phi) is 4.84. The van der Waals surface area contributed by atoms with E-state index in [1.54, 1.807) is 18.0 Å². The first-order valence-electron chi connectivity index (χ1n) is 6.46. The van der Waals surface area contributed by atoms with Gasteiger partial charge in [-0.15, -0.1) is 5.10 Å². The summed E-state index contributed by atoms with van der Waals surface area (Å²) in [6.45, 7) is 2.94. The van der Waals surface area contributed by atoms with Crippen molar-refractivity contribution in [3.05, 3.63) is 47.8 Å². The van der Waals surface area contributed by atoms with E-state index in [0.29, 0.717) is 18.8 Å². The first-order valence-corrected chi connectivity index (χ1v) is 6.46. The van der Waals surface area contributed by atoms with E-state index in [1.165, 1.54) is 0 Å². The zero-order chi connectivity index (χ0) is 14.4. The monoisotopic (exact) mass is 274 g/mol. The minimum Gasteiger partial charge on any atom is -0.383 e. The number of carbonyl (C=O) groups excluding carboxylic acids is 1. The van der Waals surface area contributed by atoms with Crippen LogP contribution in [0.15, 0.2) is 36.5 Å². The molecule has 0 aliphatic heterocycles. The Hall–Kier alpha value is -2.21. The molecule has 1 N–H and O–H groups in total.